The van der Waals surface area contributed by atoms with Gasteiger partial charge in [-0.2, -0.15) is 0 Å². The quantitative estimate of drug-likeness (QED) is 0.800. The maximum Gasteiger partial charge on any atom is 0.404 e. The maximum atomic E-state index is 12.1. The normalized spacial score (nSPS) is 20.0. The van der Waals surface area contributed by atoms with Crippen LogP contribution in [0.3, 0.4) is 0 Å². The van der Waals surface area contributed by atoms with E-state index in [9.17, 15) is 9.59 Å². The molecule has 1 aliphatic rings. The molecular formula is C12H12N4O3S2. The zero-order chi connectivity index (χ0) is 15.0. The van der Waals surface area contributed by atoms with E-state index >= 15 is 0 Å². The third-order valence-corrected chi connectivity index (χ3v) is 5.03. The van der Waals surface area contributed by atoms with E-state index in [4.69, 9.17) is 5.11 Å². The number of thiophene rings is 1. The van der Waals surface area contributed by atoms with Gasteiger partial charge in [0.2, 0.25) is 5.13 Å². The highest BCUT2D eigenvalue weighted by Gasteiger charge is 2.40. The number of hydrogen-bond acceptors (Lipinski definition) is 6. The Balaban J connectivity index is 1.62. The van der Waals surface area contributed by atoms with Crippen molar-refractivity contribution in [3.63, 3.8) is 0 Å². The highest BCUT2D eigenvalue weighted by Crippen LogP contribution is 2.43. The zero-order valence-electron chi connectivity index (χ0n) is 11.0. The summed E-state index contributed by atoms with van der Waals surface area (Å²) in [6, 6.07) is 3.58. The molecule has 3 rings (SSSR count). The molecule has 0 spiro atoms. The monoisotopic (exact) mass is 324 g/mol. The van der Waals surface area contributed by atoms with Crippen LogP contribution in [0.15, 0.2) is 12.1 Å². The number of carbonyl (C=O) groups is 2. The van der Waals surface area contributed by atoms with Crippen LogP contribution in [-0.2, 0) is 0 Å². The highest BCUT2D eigenvalue weighted by molar-refractivity contribution is 7.16. The number of carbonyl (C=O) groups excluding carboxylic acids is 1. The second-order valence-corrected chi connectivity index (χ2v) is 6.98. The van der Waals surface area contributed by atoms with Crippen molar-refractivity contribution in [1.82, 2.24) is 15.5 Å². The van der Waals surface area contributed by atoms with Crippen LogP contribution in [-0.4, -0.2) is 33.3 Å². The van der Waals surface area contributed by atoms with E-state index < -0.39 is 6.09 Å². The van der Waals surface area contributed by atoms with Crippen molar-refractivity contribution in [2.45, 2.75) is 25.3 Å². The summed E-state index contributed by atoms with van der Waals surface area (Å²) in [5.41, 5.74) is 0. The van der Waals surface area contributed by atoms with Gasteiger partial charge in [0.05, 0.1) is 4.88 Å². The molecule has 0 aromatic carbocycles. The molecule has 2 amide bonds. The Morgan fingerprint density at radius 1 is 1.33 bits per heavy atom. The average molecular weight is 324 g/mol. The SMILES string of the molecule is Cc1nnc(NC(=O)c2ccc(C3CC3NC(=O)O)s2)s1. The number of rotatable bonds is 4. The molecule has 1 aliphatic carbocycles. The standard InChI is InChI=1S/C12H12N4O3S2/c1-5-15-16-11(20-5)14-10(17)9-3-2-8(21-9)6-4-7(6)13-12(18)19/h2-3,6-7,13H,4H2,1H3,(H,18,19)(H,14,16,17). The fraction of sp³-hybridized carbons (Fsp3) is 0.333. The minimum absolute atomic E-state index is 0.0390. The van der Waals surface area contributed by atoms with Crippen molar-refractivity contribution in [3.8, 4) is 0 Å². The number of nitrogens with one attached hydrogen (secondary N) is 2. The predicted molar refractivity (Wildman–Crippen MR) is 79.2 cm³/mol. The molecule has 21 heavy (non-hydrogen) atoms. The van der Waals surface area contributed by atoms with E-state index in [1.807, 2.05) is 13.0 Å². The summed E-state index contributed by atoms with van der Waals surface area (Å²) in [6.45, 7) is 1.82. The van der Waals surface area contributed by atoms with Gasteiger partial charge in [0, 0.05) is 16.8 Å². The number of nitrogens with zero attached hydrogens (tertiary/aromatic N) is 2. The zero-order valence-corrected chi connectivity index (χ0v) is 12.6. The van der Waals surface area contributed by atoms with E-state index in [-0.39, 0.29) is 17.9 Å². The molecule has 0 bridgehead atoms. The molecule has 2 aromatic heterocycles. The van der Waals surface area contributed by atoms with E-state index in [0.717, 1.165) is 16.3 Å². The van der Waals surface area contributed by atoms with E-state index in [0.29, 0.717) is 10.0 Å². The first-order valence-electron chi connectivity index (χ1n) is 6.23. The first kappa shape index (κ1) is 14.0. The van der Waals surface area contributed by atoms with Crippen molar-refractivity contribution in [2.75, 3.05) is 5.32 Å². The number of aryl methyl sites for hydroxylation is 1. The first-order chi connectivity index (χ1) is 10.0. The first-order valence-corrected chi connectivity index (χ1v) is 7.87. The van der Waals surface area contributed by atoms with Gasteiger partial charge in [-0.3, -0.25) is 10.1 Å². The molecule has 0 saturated heterocycles. The van der Waals surface area contributed by atoms with E-state index in [2.05, 4.69) is 20.8 Å². The topological polar surface area (TPSA) is 104 Å². The third kappa shape index (κ3) is 3.19. The van der Waals surface area contributed by atoms with Gasteiger partial charge in [0.1, 0.15) is 5.01 Å². The van der Waals surface area contributed by atoms with Crippen molar-refractivity contribution in [1.29, 1.82) is 0 Å². The molecule has 0 radical (unpaired) electrons. The second-order valence-electron chi connectivity index (χ2n) is 4.68. The molecule has 2 atom stereocenters. The van der Waals surface area contributed by atoms with E-state index in [1.54, 1.807) is 6.07 Å². The molecule has 3 N–H and O–H groups in total. The minimum Gasteiger partial charge on any atom is -0.465 e. The lowest BCUT2D eigenvalue weighted by molar-refractivity contribution is 0.103. The molecule has 9 heteroatoms. The lowest BCUT2D eigenvalue weighted by Gasteiger charge is -1.98. The Labute approximate surface area is 128 Å². The van der Waals surface area contributed by atoms with Crippen LogP contribution in [0.1, 0.15) is 31.9 Å². The Morgan fingerprint density at radius 2 is 2.14 bits per heavy atom. The Bertz CT molecular complexity index is 696. The number of anilines is 1. The smallest absolute Gasteiger partial charge is 0.404 e. The summed E-state index contributed by atoms with van der Waals surface area (Å²) in [7, 11) is 0. The molecule has 2 unspecified atom stereocenters. The molecule has 0 aliphatic heterocycles. The van der Waals surface area contributed by atoms with Gasteiger partial charge in [-0.1, -0.05) is 11.3 Å². The van der Waals surface area contributed by atoms with Crippen LogP contribution in [0.25, 0.3) is 0 Å². The number of amides is 2. The fourth-order valence-corrected chi connectivity index (χ4v) is 3.68. The lowest BCUT2D eigenvalue weighted by Crippen LogP contribution is -2.23. The summed E-state index contributed by atoms with van der Waals surface area (Å²) >= 11 is 2.70. The Kier molecular flexibility index (Phi) is 3.60. The largest absolute Gasteiger partial charge is 0.465 e. The number of aromatic nitrogens is 2. The fourth-order valence-electron chi connectivity index (χ4n) is 2.01. The molecule has 1 saturated carbocycles. The molecule has 7 nitrogen and oxygen atoms in total. The second kappa shape index (κ2) is 5.41. The molecular weight excluding hydrogens is 312 g/mol. The van der Waals surface area contributed by atoms with Crippen LogP contribution in [0.2, 0.25) is 0 Å². The van der Waals surface area contributed by atoms with Gasteiger partial charge in [-0.25, -0.2) is 4.79 Å². The molecule has 1 fully saturated rings. The molecule has 2 aromatic rings. The summed E-state index contributed by atoms with van der Waals surface area (Å²) in [4.78, 5) is 24.2. The van der Waals surface area contributed by atoms with Gasteiger partial charge in [-0.05, 0) is 25.5 Å². The van der Waals surface area contributed by atoms with Crippen molar-refractivity contribution in [3.05, 3.63) is 26.9 Å². The number of carboxylic acid groups (broad SMARTS) is 1. The Hall–Kier alpha value is -2.00. The Morgan fingerprint density at radius 3 is 2.81 bits per heavy atom. The number of hydrogen-bond donors (Lipinski definition) is 3. The molecule has 2 heterocycles. The lowest BCUT2D eigenvalue weighted by atomic mass is 10.3. The van der Waals surface area contributed by atoms with Crippen LogP contribution < -0.4 is 10.6 Å². The van der Waals surface area contributed by atoms with Crippen LogP contribution in [0, 0.1) is 6.92 Å². The predicted octanol–water partition coefficient (Wildman–Crippen LogP) is 2.28. The van der Waals surface area contributed by atoms with Crippen molar-refractivity contribution < 1.29 is 14.7 Å². The van der Waals surface area contributed by atoms with Gasteiger partial charge in [0.25, 0.3) is 5.91 Å². The maximum absolute atomic E-state index is 12.1. The van der Waals surface area contributed by atoms with E-state index in [1.165, 1.54) is 22.7 Å². The van der Waals surface area contributed by atoms with Gasteiger partial charge >= 0.3 is 6.09 Å². The van der Waals surface area contributed by atoms with Crippen LogP contribution in [0.5, 0.6) is 0 Å². The van der Waals surface area contributed by atoms with Crippen LogP contribution >= 0.6 is 22.7 Å². The van der Waals surface area contributed by atoms with Gasteiger partial charge < -0.3 is 10.4 Å². The third-order valence-electron chi connectivity index (χ3n) is 3.06. The van der Waals surface area contributed by atoms with Crippen molar-refractivity contribution >= 4 is 39.8 Å². The van der Waals surface area contributed by atoms with Crippen molar-refractivity contribution in [2.24, 2.45) is 0 Å². The van der Waals surface area contributed by atoms with Gasteiger partial charge in [0.15, 0.2) is 0 Å². The summed E-state index contributed by atoms with van der Waals surface area (Å²) in [5.74, 6) is -0.0396. The van der Waals surface area contributed by atoms with Gasteiger partial charge in [-0.15, -0.1) is 21.5 Å². The molecule has 110 valence electrons. The summed E-state index contributed by atoms with van der Waals surface area (Å²) in [5, 5.41) is 22.8. The minimum atomic E-state index is -1.01. The highest BCUT2D eigenvalue weighted by atomic mass is 32.1. The van der Waals surface area contributed by atoms with Crippen LogP contribution in [0.4, 0.5) is 9.93 Å². The average Bonchev–Trinajstić information content (AvgIpc) is 2.86. The summed E-state index contributed by atoms with van der Waals surface area (Å²) < 4.78 is 0. The summed E-state index contributed by atoms with van der Waals surface area (Å²) in [6.07, 6.45) is -0.229.